The van der Waals surface area contributed by atoms with Gasteiger partial charge in [-0.2, -0.15) is 0 Å². The molecule has 8 heteroatoms. The van der Waals surface area contributed by atoms with E-state index in [1.165, 1.54) is 4.57 Å². The lowest BCUT2D eigenvalue weighted by Crippen LogP contribution is -2.32. The second-order valence-electron chi connectivity index (χ2n) is 6.39. The summed E-state index contributed by atoms with van der Waals surface area (Å²) in [5.41, 5.74) is 0.181. The lowest BCUT2D eigenvalue weighted by atomic mass is 10.0. The Bertz CT molecular complexity index is 1150. The van der Waals surface area contributed by atoms with Crippen LogP contribution in [0.2, 0.25) is 5.02 Å². The van der Waals surface area contributed by atoms with Gasteiger partial charge in [0.15, 0.2) is 5.65 Å². The normalized spacial score (nSPS) is 11.1. The zero-order valence-electron chi connectivity index (χ0n) is 15.2. The van der Waals surface area contributed by atoms with Crippen molar-refractivity contribution in [3.8, 4) is 0 Å². The van der Waals surface area contributed by atoms with Gasteiger partial charge in [-0.15, -0.1) is 0 Å². The molecule has 0 unspecified atom stereocenters. The van der Waals surface area contributed by atoms with E-state index >= 15 is 0 Å². The maximum Gasteiger partial charge on any atom is 0.329 e. The number of para-hydroxylation sites is 1. The van der Waals surface area contributed by atoms with Crippen molar-refractivity contribution in [2.45, 2.75) is 33.2 Å². The van der Waals surface area contributed by atoms with Crippen LogP contribution in [0.5, 0.6) is 0 Å². The molecule has 3 aromatic rings. The van der Waals surface area contributed by atoms with Crippen molar-refractivity contribution in [1.82, 2.24) is 14.5 Å². The molecule has 27 heavy (non-hydrogen) atoms. The Balaban J connectivity index is 2.28. The van der Waals surface area contributed by atoms with Gasteiger partial charge < -0.3 is 5.32 Å². The summed E-state index contributed by atoms with van der Waals surface area (Å²) in [5, 5.41) is 3.18. The van der Waals surface area contributed by atoms with Gasteiger partial charge in [0.05, 0.1) is 21.7 Å². The zero-order valence-corrected chi connectivity index (χ0v) is 15.9. The Hall–Kier alpha value is -2.93. The van der Waals surface area contributed by atoms with Crippen LogP contribution in [0.15, 0.2) is 39.9 Å². The molecule has 0 fully saturated rings. The maximum absolute atomic E-state index is 13.0. The molecule has 0 saturated heterocycles. The van der Waals surface area contributed by atoms with Crippen LogP contribution >= 0.6 is 11.6 Å². The number of fused-ring (bicyclic) bond motifs is 1. The van der Waals surface area contributed by atoms with Crippen LogP contribution in [-0.4, -0.2) is 20.4 Å². The van der Waals surface area contributed by atoms with Crippen molar-refractivity contribution < 1.29 is 4.79 Å². The number of nitrogens with one attached hydrogen (secondary N) is 2. The number of aromatic amines is 1. The number of carbonyl (C=O) groups excluding carboxylic acids is 1. The number of nitrogens with zero attached hydrogens (tertiary/aromatic N) is 2. The molecule has 0 aliphatic carbocycles. The molecule has 0 spiro atoms. The van der Waals surface area contributed by atoms with Crippen molar-refractivity contribution in [3.05, 3.63) is 67.4 Å². The molecule has 0 radical (unpaired) electrons. The largest absolute Gasteiger partial charge is 0.329 e. The van der Waals surface area contributed by atoms with Crippen molar-refractivity contribution in [2.75, 3.05) is 5.32 Å². The molecule has 0 aliphatic heterocycles. The first kappa shape index (κ1) is 18.8. The van der Waals surface area contributed by atoms with E-state index in [0.29, 0.717) is 22.9 Å². The lowest BCUT2D eigenvalue weighted by Gasteiger charge is -2.14. The lowest BCUT2D eigenvalue weighted by molar-refractivity contribution is 0.102. The summed E-state index contributed by atoms with van der Waals surface area (Å²) < 4.78 is 1.34. The summed E-state index contributed by atoms with van der Waals surface area (Å²) in [6.45, 7) is 5.93. The third-order valence-corrected chi connectivity index (χ3v) is 4.57. The van der Waals surface area contributed by atoms with Gasteiger partial charge >= 0.3 is 5.69 Å². The van der Waals surface area contributed by atoms with Gasteiger partial charge in [-0.25, -0.2) is 9.78 Å². The molecule has 0 saturated carbocycles. The van der Waals surface area contributed by atoms with E-state index in [0.717, 1.165) is 0 Å². The van der Waals surface area contributed by atoms with Gasteiger partial charge in [-0.05, 0) is 31.0 Å². The highest BCUT2D eigenvalue weighted by Gasteiger charge is 2.20. The minimum Gasteiger partial charge on any atom is -0.321 e. The Morgan fingerprint density at radius 2 is 2.00 bits per heavy atom. The number of hydrogen-bond acceptors (Lipinski definition) is 4. The third kappa shape index (κ3) is 3.50. The van der Waals surface area contributed by atoms with E-state index in [1.54, 1.807) is 37.3 Å². The number of H-pyrrole nitrogens is 1. The number of halogens is 1. The van der Waals surface area contributed by atoms with Crippen molar-refractivity contribution in [3.63, 3.8) is 0 Å². The number of anilines is 1. The highest BCUT2D eigenvalue weighted by molar-refractivity contribution is 6.34. The fourth-order valence-corrected chi connectivity index (χ4v) is 3.00. The van der Waals surface area contributed by atoms with Crippen LogP contribution in [0.1, 0.15) is 42.7 Å². The molecular formula is C19H19ClN4O3. The number of pyridine rings is 1. The predicted octanol–water partition coefficient (Wildman–Crippen LogP) is 3.13. The molecule has 1 aromatic carbocycles. The third-order valence-electron chi connectivity index (χ3n) is 4.24. The number of benzene rings is 1. The van der Waals surface area contributed by atoms with E-state index in [9.17, 15) is 14.4 Å². The highest BCUT2D eigenvalue weighted by atomic mass is 35.5. The number of aromatic nitrogens is 3. The highest BCUT2D eigenvalue weighted by Crippen LogP contribution is 2.24. The predicted molar refractivity (Wildman–Crippen MR) is 106 cm³/mol. The van der Waals surface area contributed by atoms with Gasteiger partial charge in [0.2, 0.25) is 0 Å². The van der Waals surface area contributed by atoms with E-state index < -0.39 is 17.2 Å². The quantitative estimate of drug-likeness (QED) is 0.719. The molecule has 2 N–H and O–H groups in total. The molecule has 0 bridgehead atoms. The second kappa shape index (κ2) is 7.36. The summed E-state index contributed by atoms with van der Waals surface area (Å²) in [4.78, 5) is 44.3. The first-order valence-electron chi connectivity index (χ1n) is 8.57. The van der Waals surface area contributed by atoms with E-state index in [1.807, 2.05) is 13.8 Å². The van der Waals surface area contributed by atoms with Crippen molar-refractivity contribution >= 4 is 34.2 Å². The molecule has 0 atom stereocenters. The topological polar surface area (TPSA) is 96.9 Å². The average Bonchev–Trinajstić information content (AvgIpc) is 2.62. The number of aryl methyl sites for hydroxylation is 1. The summed E-state index contributed by atoms with van der Waals surface area (Å²) in [6.07, 6.45) is 0. The standard InChI is InChI=1S/C19H19ClN4O3/c1-4-24-16-15(18(26)23-19(24)27)11(9-14(21-16)10(2)3)17(25)22-13-8-6-5-7-12(13)20/h5-10H,4H2,1-3H3,(H,22,25)(H,23,26,27). The fourth-order valence-electron chi connectivity index (χ4n) is 2.81. The number of carbonyl (C=O) groups is 1. The Labute approximate surface area is 160 Å². The molecular weight excluding hydrogens is 368 g/mol. The first-order valence-corrected chi connectivity index (χ1v) is 8.95. The summed E-state index contributed by atoms with van der Waals surface area (Å²) >= 11 is 6.12. The number of amides is 1. The smallest absolute Gasteiger partial charge is 0.321 e. The molecule has 2 heterocycles. The minimum absolute atomic E-state index is 0.000888. The van der Waals surface area contributed by atoms with Gasteiger partial charge in [-0.1, -0.05) is 37.6 Å². The maximum atomic E-state index is 13.0. The molecule has 7 nitrogen and oxygen atoms in total. The SMILES string of the molecule is CCn1c(=O)[nH]c(=O)c2c(C(=O)Nc3ccccc3Cl)cc(C(C)C)nc21. The van der Waals surface area contributed by atoms with Crippen LogP contribution in [0.25, 0.3) is 11.0 Å². The second-order valence-corrected chi connectivity index (χ2v) is 6.79. The van der Waals surface area contributed by atoms with Gasteiger partial charge in [0.1, 0.15) is 0 Å². The van der Waals surface area contributed by atoms with E-state index in [2.05, 4.69) is 15.3 Å². The van der Waals surface area contributed by atoms with Gasteiger partial charge in [0.25, 0.3) is 11.5 Å². The number of rotatable bonds is 4. The van der Waals surface area contributed by atoms with E-state index in [-0.39, 0.29) is 22.5 Å². The van der Waals surface area contributed by atoms with Crippen molar-refractivity contribution in [1.29, 1.82) is 0 Å². The summed E-state index contributed by atoms with van der Waals surface area (Å²) in [6, 6.07) is 8.40. The van der Waals surface area contributed by atoms with Crippen molar-refractivity contribution in [2.24, 2.45) is 0 Å². The van der Waals surface area contributed by atoms with Crippen LogP contribution in [0.4, 0.5) is 5.69 Å². The minimum atomic E-state index is -0.646. The fraction of sp³-hybridized carbons (Fsp3) is 0.263. The first-order chi connectivity index (χ1) is 12.8. The average molecular weight is 387 g/mol. The van der Waals surface area contributed by atoms with Crippen LogP contribution in [0, 0.1) is 0 Å². The Morgan fingerprint density at radius 1 is 1.30 bits per heavy atom. The molecule has 3 rings (SSSR count). The zero-order chi connectivity index (χ0) is 19.7. The van der Waals surface area contributed by atoms with Crippen LogP contribution < -0.4 is 16.6 Å². The van der Waals surface area contributed by atoms with Crippen LogP contribution in [0.3, 0.4) is 0 Å². The van der Waals surface area contributed by atoms with Gasteiger partial charge in [0, 0.05) is 12.2 Å². The van der Waals surface area contributed by atoms with Gasteiger partial charge in [-0.3, -0.25) is 19.1 Å². The summed E-state index contributed by atoms with van der Waals surface area (Å²) in [7, 11) is 0. The Kier molecular flexibility index (Phi) is 5.14. The van der Waals surface area contributed by atoms with E-state index in [4.69, 9.17) is 11.6 Å². The molecule has 0 aliphatic rings. The number of hydrogen-bond donors (Lipinski definition) is 2. The molecule has 2 aromatic heterocycles. The monoisotopic (exact) mass is 386 g/mol. The van der Waals surface area contributed by atoms with Crippen LogP contribution in [-0.2, 0) is 6.54 Å². The summed E-state index contributed by atoms with van der Waals surface area (Å²) in [5.74, 6) is -0.495. The Morgan fingerprint density at radius 3 is 2.63 bits per heavy atom. The molecule has 1 amide bonds. The molecule has 140 valence electrons.